The van der Waals surface area contributed by atoms with Gasteiger partial charge in [0, 0.05) is 0 Å². The van der Waals surface area contributed by atoms with Gasteiger partial charge in [0.15, 0.2) is 0 Å². The third-order valence-electron chi connectivity index (χ3n) is 1.64. The number of aliphatic imine (C=N–C) groups is 1. The molecular weight excluding hydrogens is 122 g/mol. The highest BCUT2D eigenvalue weighted by molar-refractivity contribution is 5.46. The summed E-state index contributed by atoms with van der Waals surface area (Å²) in [6.07, 6.45) is 4.82. The van der Waals surface area contributed by atoms with Crippen molar-refractivity contribution < 1.29 is 0 Å². The maximum atomic E-state index is 4.12. The monoisotopic (exact) mass is 139 g/mol. The zero-order valence-corrected chi connectivity index (χ0v) is 7.06. The van der Waals surface area contributed by atoms with Crippen LogP contribution in [0.1, 0.15) is 39.5 Å². The molecule has 0 saturated heterocycles. The Bertz CT molecular complexity index is 112. The van der Waals surface area contributed by atoms with E-state index < -0.39 is 0 Å². The lowest BCUT2D eigenvalue weighted by Gasteiger charge is -2.05. The molecule has 0 aliphatic rings. The van der Waals surface area contributed by atoms with Gasteiger partial charge < -0.3 is 0 Å². The van der Waals surface area contributed by atoms with Crippen molar-refractivity contribution in [1.82, 2.24) is 0 Å². The van der Waals surface area contributed by atoms with Gasteiger partial charge in [-0.2, -0.15) is 0 Å². The van der Waals surface area contributed by atoms with Crippen LogP contribution in [0, 0.1) is 0 Å². The van der Waals surface area contributed by atoms with Crippen LogP contribution in [0.15, 0.2) is 11.6 Å². The topological polar surface area (TPSA) is 12.4 Å². The van der Waals surface area contributed by atoms with Crippen molar-refractivity contribution >= 4 is 5.87 Å². The fourth-order valence-corrected chi connectivity index (χ4v) is 0.929. The first kappa shape index (κ1) is 9.45. The summed E-state index contributed by atoms with van der Waals surface area (Å²) in [4.78, 5) is 4.12. The third-order valence-corrected chi connectivity index (χ3v) is 1.64. The predicted molar refractivity (Wildman–Crippen MR) is 46.7 cm³/mol. The summed E-state index contributed by atoms with van der Waals surface area (Å²) in [5.74, 6) is 2.60. The molecule has 1 nitrogen and oxygen atoms in total. The van der Waals surface area contributed by atoms with Gasteiger partial charge in [0.1, 0.15) is 0 Å². The first-order chi connectivity index (χ1) is 4.85. The van der Waals surface area contributed by atoms with E-state index in [4.69, 9.17) is 0 Å². The Morgan fingerprint density at radius 3 is 2.60 bits per heavy atom. The molecule has 0 spiro atoms. The molecule has 58 valence electrons. The summed E-state index contributed by atoms with van der Waals surface area (Å²) in [6.45, 7) is 7.82. The van der Waals surface area contributed by atoms with Crippen LogP contribution in [0.2, 0.25) is 0 Å². The Morgan fingerprint density at radius 1 is 1.50 bits per heavy atom. The molecule has 1 heteroatoms. The van der Waals surface area contributed by atoms with E-state index in [1.54, 1.807) is 0 Å². The number of unbranched alkanes of at least 4 members (excludes halogenated alkanes) is 1. The minimum atomic E-state index is 0.470. The number of nitrogens with zero attached hydrogens (tertiary/aromatic N) is 1. The normalized spacial score (nSPS) is 12.2. The van der Waals surface area contributed by atoms with Gasteiger partial charge in [-0.1, -0.05) is 26.7 Å². The van der Waals surface area contributed by atoms with Crippen LogP contribution in [-0.4, -0.2) is 11.9 Å². The average Bonchev–Trinajstić information content (AvgIpc) is 1.98. The quantitative estimate of drug-likeness (QED) is 0.519. The van der Waals surface area contributed by atoms with Gasteiger partial charge in [-0.05, 0) is 25.3 Å². The molecule has 0 aromatic carbocycles. The van der Waals surface area contributed by atoms with Crippen molar-refractivity contribution in [2.45, 2.75) is 45.6 Å². The minimum Gasteiger partial charge on any atom is -0.240 e. The molecule has 0 bridgehead atoms. The zero-order chi connectivity index (χ0) is 7.82. The Kier molecular flexibility index (Phi) is 6.21. The molecule has 0 N–H and O–H groups in total. The Hall–Kier alpha value is -0.550. The van der Waals surface area contributed by atoms with Crippen molar-refractivity contribution in [3.05, 3.63) is 6.58 Å². The van der Waals surface area contributed by atoms with Crippen LogP contribution < -0.4 is 0 Å². The van der Waals surface area contributed by atoms with Crippen LogP contribution in [-0.2, 0) is 0 Å². The summed E-state index contributed by atoms with van der Waals surface area (Å²) in [7, 11) is 0. The van der Waals surface area contributed by atoms with Gasteiger partial charge in [0.2, 0.25) is 0 Å². The second kappa shape index (κ2) is 6.57. The first-order valence-electron chi connectivity index (χ1n) is 4.07. The lowest BCUT2D eigenvalue weighted by molar-refractivity contribution is 0.567. The highest BCUT2D eigenvalue weighted by Gasteiger charge is 1.99. The Labute approximate surface area is 63.9 Å². The van der Waals surface area contributed by atoms with E-state index in [0.29, 0.717) is 6.04 Å². The zero-order valence-electron chi connectivity index (χ0n) is 7.06. The fraction of sp³-hybridized carbons (Fsp3) is 0.778. The first-order valence-corrected chi connectivity index (χ1v) is 4.07. The van der Waals surface area contributed by atoms with Crippen LogP contribution in [0.25, 0.3) is 0 Å². The van der Waals surface area contributed by atoms with Gasteiger partial charge in [-0.3, -0.25) is 0 Å². The van der Waals surface area contributed by atoms with E-state index >= 15 is 0 Å². The molecule has 0 heterocycles. The standard InChI is InChI=1S/C9H17N/c1-4-7-8-9(5-2)10-6-3/h9H,3-5,7-8H2,1-2H3. The maximum absolute atomic E-state index is 4.12. The molecule has 0 radical (unpaired) electrons. The van der Waals surface area contributed by atoms with Gasteiger partial charge in [0.25, 0.3) is 0 Å². The average molecular weight is 139 g/mol. The second-order valence-electron chi connectivity index (χ2n) is 2.49. The van der Waals surface area contributed by atoms with Gasteiger partial charge >= 0.3 is 0 Å². The van der Waals surface area contributed by atoms with Gasteiger partial charge in [-0.25, -0.2) is 4.99 Å². The van der Waals surface area contributed by atoms with Crippen molar-refractivity contribution in [3.8, 4) is 0 Å². The minimum absolute atomic E-state index is 0.470. The second-order valence-corrected chi connectivity index (χ2v) is 2.49. The summed E-state index contributed by atoms with van der Waals surface area (Å²) < 4.78 is 0. The lowest BCUT2D eigenvalue weighted by atomic mass is 10.1. The van der Waals surface area contributed by atoms with Crippen LogP contribution >= 0.6 is 0 Å². The molecule has 0 rings (SSSR count). The number of hydrogen-bond acceptors (Lipinski definition) is 1. The van der Waals surface area contributed by atoms with Gasteiger partial charge in [0.05, 0.1) is 6.04 Å². The number of rotatable bonds is 5. The van der Waals surface area contributed by atoms with E-state index in [-0.39, 0.29) is 0 Å². The highest BCUT2D eigenvalue weighted by atomic mass is 14.7. The molecule has 0 aliphatic carbocycles. The summed E-state index contributed by atoms with van der Waals surface area (Å²) >= 11 is 0. The Morgan fingerprint density at radius 2 is 2.20 bits per heavy atom. The maximum Gasteiger partial charge on any atom is 0.0591 e. The molecule has 0 aliphatic heterocycles. The Balaban J connectivity index is 3.49. The molecule has 0 saturated carbocycles. The summed E-state index contributed by atoms with van der Waals surface area (Å²) in [5, 5.41) is 0. The predicted octanol–water partition coefficient (Wildman–Crippen LogP) is 2.81. The van der Waals surface area contributed by atoms with Gasteiger partial charge in [-0.15, -0.1) is 0 Å². The summed E-state index contributed by atoms with van der Waals surface area (Å²) in [5.41, 5.74) is 0. The fourth-order valence-electron chi connectivity index (χ4n) is 0.929. The van der Waals surface area contributed by atoms with Crippen LogP contribution in [0.4, 0.5) is 0 Å². The van der Waals surface area contributed by atoms with Crippen molar-refractivity contribution in [2.24, 2.45) is 4.99 Å². The molecule has 0 fully saturated rings. The summed E-state index contributed by atoms with van der Waals surface area (Å²) in [6, 6.07) is 0.470. The smallest absolute Gasteiger partial charge is 0.0591 e. The molecule has 0 amide bonds. The van der Waals surface area contributed by atoms with E-state index in [9.17, 15) is 0 Å². The van der Waals surface area contributed by atoms with E-state index in [0.717, 1.165) is 6.42 Å². The van der Waals surface area contributed by atoms with E-state index in [1.165, 1.54) is 19.3 Å². The molecule has 1 unspecified atom stereocenters. The van der Waals surface area contributed by atoms with Crippen molar-refractivity contribution in [1.29, 1.82) is 0 Å². The van der Waals surface area contributed by atoms with Crippen LogP contribution in [0.3, 0.4) is 0 Å². The third kappa shape index (κ3) is 4.34. The largest absolute Gasteiger partial charge is 0.240 e. The lowest BCUT2D eigenvalue weighted by Crippen LogP contribution is -2.00. The van der Waals surface area contributed by atoms with Crippen molar-refractivity contribution in [2.75, 3.05) is 0 Å². The van der Waals surface area contributed by atoms with E-state index in [1.807, 2.05) is 0 Å². The molecular formula is C9H17N. The highest BCUT2D eigenvalue weighted by Crippen LogP contribution is 2.06. The SMILES string of the molecule is C=C=NC(CC)CCCC. The molecule has 1 atom stereocenters. The molecule has 10 heavy (non-hydrogen) atoms. The van der Waals surface area contributed by atoms with Crippen molar-refractivity contribution in [3.63, 3.8) is 0 Å². The molecule has 0 aromatic heterocycles. The number of hydrogen-bond donors (Lipinski definition) is 0. The molecule has 0 aromatic rings. The van der Waals surface area contributed by atoms with Crippen LogP contribution in [0.5, 0.6) is 0 Å². The van der Waals surface area contributed by atoms with E-state index in [2.05, 4.69) is 31.3 Å².